The van der Waals surface area contributed by atoms with Gasteiger partial charge in [0.15, 0.2) is 0 Å². The Morgan fingerprint density at radius 2 is 1.75 bits per heavy atom. The average Bonchev–Trinajstić information content (AvgIpc) is 2.26. The van der Waals surface area contributed by atoms with Gasteiger partial charge in [0.2, 0.25) is 10.0 Å². The van der Waals surface area contributed by atoms with E-state index in [4.69, 9.17) is 0 Å². The fraction of sp³-hybridized carbons (Fsp3) is 0.929. The Balaban J connectivity index is 2.77. The molecule has 0 atom stereocenters. The predicted octanol–water partition coefficient (Wildman–Crippen LogP) is 2.33. The summed E-state index contributed by atoms with van der Waals surface area (Å²) in [5.41, 5.74) is -1.02. The van der Waals surface area contributed by atoms with E-state index < -0.39 is 21.4 Å². The maximum absolute atomic E-state index is 12.3. The summed E-state index contributed by atoms with van der Waals surface area (Å²) in [6.07, 6.45) is 2.26. The van der Waals surface area contributed by atoms with Gasteiger partial charge in [0.05, 0.1) is 11.2 Å². The van der Waals surface area contributed by atoms with Crippen molar-refractivity contribution < 1.29 is 18.3 Å². The molecule has 1 fully saturated rings. The number of rotatable bonds is 5. The highest BCUT2D eigenvalue weighted by molar-refractivity contribution is 7.89. The number of hydrogen-bond donors (Lipinski definition) is 1. The van der Waals surface area contributed by atoms with Crippen molar-refractivity contribution in [2.45, 2.75) is 53.4 Å². The van der Waals surface area contributed by atoms with Crippen LogP contribution in [0, 0.1) is 10.8 Å². The first kappa shape index (κ1) is 17.4. The normalized spacial score (nSPS) is 20.8. The van der Waals surface area contributed by atoms with Crippen LogP contribution < -0.4 is 0 Å². The second-order valence-corrected chi connectivity index (χ2v) is 9.02. The first-order chi connectivity index (χ1) is 9.02. The van der Waals surface area contributed by atoms with Gasteiger partial charge in [-0.3, -0.25) is 4.79 Å². The molecule has 0 spiro atoms. The first-order valence-corrected chi connectivity index (χ1v) is 8.85. The zero-order valence-corrected chi connectivity index (χ0v) is 13.8. The van der Waals surface area contributed by atoms with Gasteiger partial charge < -0.3 is 5.11 Å². The zero-order chi connectivity index (χ0) is 15.6. The summed E-state index contributed by atoms with van der Waals surface area (Å²) < 4.78 is 26.1. The Kier molecular flexibility index (Phi) is 5.24. The summed E-state index contributed by atoms with van der Waals surface area (Å²) in [6.45, 7) is 8.30. The van der Waals surface area contributed by atoms with E-state index in [1.165, 1.54) is 4.31 Å². The number of nitrogens with zero attached hydrogens (tertiary/aromatic N) is 1. The van der Waals surface area contributed by atoms with Crippen LogP contribution >= 0.6 is 0 Å². The van der Waals surface area contributed by atoms with E-state index in [9.17, 15) is 18.3 Å². The summed E-state index contributed by atoms with van der Waals surface area (Å²) >= 11 is 0. The third-order valence-electron chi connectivity index (χ3n) is 3.87. The molecule has 0 saturated carbocycles. The number of sulfonamides is 1. The molecular weight excluding hydrogens is 278 g/mol. The maximum atomic E-state index is 12.3. The fourth-order valence-electron chi connectivity index (χ4n) is 2.88. The van der Waals surface area contributed by atoms with Gasteiger partial charge in [0.25, 0.3) is 0 Å². The standard InChI is InChI=1S/C14H27NO4S/c1-5-6-14(12(16)17)7-9-15(10-8-14)20(18,19)11-13(2,3)4/h5-11H2,1-4H3,(H,16,17). The van der Waals surface area contributed by atoms with Crippen LogP contribution in [0.25, 0.3) is 0 Å². The highest BCUT2D eigenvalue weighted by Gasteiger charge is 2.43. The quantitative estimate of drug-likeness (QED) is 0.846. The van der Waals surface area contributed by atoms with E-state index in [-0.39, 0.29) is 11.2 Å². The number of carboxylic acids is 1. The van der Waals surface area contributed by atoms with Crippen molar-refractivity contribution in [3.63, 3.8) is 0 Å². The molecule has 0 aromatic heterocycles. The van der Waals surface area contributed by atoms with Crippen LogP contribution in [0.15, 0.2) is 0 Å². The van der Waals surface area contributed by atoms with Crippen molar-refractivity contribution in [1.29, 1.82) is 0 Å². The van der Waals surface area contributed by atoms with Crippen molar-refractivity contribution in [2.24, 2.45) is 10.8 Å². The molecular formula is C14H27NO4S. The molecule has 1 saturated heterocycles. The van der Waals surface area contributed by atoms with Crippen molar-refractivity contribution in [1.82, 2.24) is 4.31 Å². The largest absolute Gasteiger partial charge is 0.481 e. The Hall–Kier alpha value is -0.620. The van der Waals surface area contributed by atoms with Gasteiger partial charge in [0.1, 0.15) is 0 Å². The minimum Gasteiger partial charge on any atom is -0.481 e. The lowest BCUT2D eigenvalue weighted by atomic mass is 9.75. The Morgan fingerprint density at radius 3 is 2.10 bits per heavy atom. The Bertz CT molecular complexity index is 442. The van der Waals surface area contributed by atoms with Crippen molar-refractivity contribution >= 4 is 16.0 Å². The van der Waals surface area contributed by atoms with E-state index >= 15 is 0 Å². The molecule has 0 amide bonds. The average molecular weight is 305 g/mol. The highest BCUT2D eigenvalue weighted by Crippen LogP contribution is 2.37. The Labute approximate surface area is 122 Å². The highest BCUT2D eigenvalue weighted by atomic mass is 32.2. The van der Waals surface area contributed by atoms with Gasteiger partial charge in [0, 0.05) is 13.1 Å². The first-order valence-electron chi connectivity index (χ1n) is 7.24. The van der Waals surface area contributed by atoms with Crippen LogP contribution in [0.1, 0.15) is 53.4 Å². The third kappa shape index (κ3) is 4.19. The molecule has 118 valence electrons. The summed E-state index contributed by atoms with van der Waals surface area (Å²) in [4.78, 5) is 11.5. The molecule has 20 heavy (non-hydrogen) atoms. The van der Waals surface area contributed by atoms with Gasteiger partial charge in [-0.1, -0.05) is 34.1 Å². The molecule has 0 aromatic rings. The van der Waals surface area contributed by atoms with Gasteiger partial charge in [-0.05, 0) is 24.7 Å². The van der Waals surface area contributed by atoms with Crippen LogP contribution in [-0.2, 0) is 14.8 Å². The number of carbonyl (C=O) groups is 1. The van der Waals surface area contributed by atoms with Crippen molar-refractivity contribution in [3.8, 4) is 0 Å². The third-order valence-corrected chi connectivity index (χ3v) is 6.25. The van der Waals surface area contributed by atoms with Crippen LogP contribution in [0.2, 0.25) is 0 Å². The van der Waals surface area contributed by atoms with E-state index in [0.29, 0.717) is 32.4 Å². The number of aliphatic carboxylic acids is 1. The summed E-state index contributed by atoms with van der Waals surface area (Å²) in [5, 5.41) is 9.43. The van der Waals surface area contributed by atoms with Crippen LogP contribution in [-0.4, -0.2) is 42.6 Å². The number of carboxylic acid groups (broad SMARTS) is 1. The van der Waals surface area contributed by atoms with E-state index in [2.05, 4.69) is 0 Å². The SMILES string of the molecule is CCCC1(C(=O)O)CCN(S(=O)(=O)CC(C)(C)C)CC1. The van der Waals surface area contributed by atoms with Crippen molar-refractivity contribution in [3.05, 3.63) is 0 Å². The monoisotopic (exact) mass is 305 g/mol. The smallest absolute Gasteiger partial charge is 0.309 e. The molecule has 0 aliphatic carbocycles. The molecule has 1 aliphatic rings. The van der Waals surface area contributed by atoms with Gasteiger partial charge in [-0.15, -0.1) is 0 Å². The molecule has 0 radical (unpaired) electrons. The molecule has 0 bridgehead atoms. The summed E-state index contributed by atoms with van der Waals surface area (Å²) in [5.74, 6) is -0.680. The van der Waals surface area contributed by atoms with Gasteiger partial charge >= 0.3 is 5.97 Å². The number of hydrogen-bond acceptors (Lipinski definition) is 3. The zero-order valence-electron chi connectivity index (χ0n) is 13.0. The van der Waals surface area contributed by atoms with E-state index in [0.717, 1.165) is 6.42 Å². The lowest BCUT2D eigenvalue weighted by Crippen LogP contribution is -2.48. The number of piperidine rings is 1. The molecule has 5 nitrogen and oxygen atoms in total. The van der Waals surface area contributed by atoms with Crippen molar-refractivity contribution in [2.75, 3.05) is 18.8 Å². The molecule has 1 rings (SSSR count). The molecule has 0 unspecified atom stereocenters. The second-order valence-electron chi connectivity index (χ2n) is 7.05. The second kappa shape index (κ2) is 6.02. The molecule has 1 aliphatic heterocycles. The van der Waals surface area contributed by atoms with Crippen LogP contribution in [0.3, 0.4) is 0 Å². The summed E-state index contributed by atoms with van der Waals surface area (Å²) in [7, 11) is -3.29. The van der Waals surface area contributed by atoms with Crippen LogP contribution in [0.5, 0.6) is 0 Å². The lowest BCUT2D eigenvalue weighted by Gasteiger charge is -2.39. The Morgan fingerprint density at radius 1 is 1.25 bits per heavy atom. The molecule has 0 aromatic carbocycles. The minimum absolute atomic E-state index is 0.105. The summed E-state index contributed by atoms with van der Waals surface area (Å²) in [6, 6.07) is 0. The van der Waals surface area contributed by atoms with E-state index in [1.807, 2.05) is 27.7 Å². The molecule has 1 N–H and O–H groups in total. The topological polar surface area (TPSA) is 74.7 Å². The minimum atomic E-state index is -3.29. The molecule has 6 heteroatoms. The molecule has 1 heterocycles. The fourth-order valence-corrected chi connectivity index (χ4v) is 4.90. The van der Waals surface area contributed by atoms with Gasteiger partial charge in [-0.25, -0.2) is 12.7 Å². The van der Waals surface area contributed by atoms with E-state index in [1.54, 1.807) is 0 Å². The maximum Gasteiger partial charge on any atom is 0.309 e. The predicted molar refractivity (Wildman–Crippen MR) is 79.0 cm³/mol. The van der Waals surface area contributed by atoms with Crippen LogP contribution in [0.4, 0.5) is 0 Å². The van der Waals surface area contributed by atoms with Gasteiger partial charge in [-0.2, -0.15) is 0 Å². The lowest BCUT2D eigenvalue weighted by molar-refractivity contribution is -0.152.